The Morgan fingerprint density at radius 2 is 2.04 bits per heavy atom. The summed E-state index contributed by atoms with van der Waals surface area (Å²) >= 11 is 6.26. The minimum atomic E-state index is -2.63. The smallest absolute Gasteiger partial charge is 0.289 e. The molecule has 1 amide bonds. The summed E-state index contributed by atoms with van der Waals surface area (Å²) in [6.45, 7) is 0. The number of halogens is 3. The number of fused-ring (bicyclic) bond motifs is 1. The van der Waals surface area contributed by atoms with Crippen LogP contribution >= 0.6 is 23.4 Å². The van der Waals surface area contributed by atoms with E-state index in [1.165, 1.54) is 12.1 Å². The van der Waals surface area contributed by atoms with E-state index in [2.05, 4.69) is 5.32 Å². The third-order valence-electron chi connectivity index (χ3n) is 3.37. The van der Waals surface area contributed by atoms with Crippen LogP contribution in [0.1, 0.15) is 5.56 Å². The summed E-state index contributed by atoms with van der Waals surface area (Å²) < 4.78 is 30.9. The fourth-order valence-electron chi connectivity index (χ4n) is 2.36. The number of para-hydroxylation sites is 1. The highest BCUT2D eigenvalue weighted by molar-refractivity contribution is 7.99. The monoisotopic (exact) mass is 355 g/mol. The van der Waals surface area contributed by atoms with Crippen molar-refractivity contribution in [2.45, 2.75) is 23.2 Å². The molecule has 0 aromatic heterocycles. The zero-order valence-electron chi connectivity index (χ0n) is 11.8. The number of alkyl halides is 2. The zero-order chi connectivity index (χ0) is 16.4. The van der Waals surface area contributed by atoms with Crippen molar-refractivity contribution in [3.63, 3.8) is 0 Å². The molecule has 1 N–H and O–H groups in total. The maximum Gasteiger partial charge on any atom is 0.289 e. The predicted molar refractivity (Wildman–Crippen MR) is 86.5 cm³/mol. The molecule has 3 rings (SSSR count). The second-order valence-electron chi connectivity index (χ2n) is 4.90. The van der Waals surface area contributed by atoms with Crippen molar-refractivity contribution in [2.75, 3.05) is 5.32 Å². The lowest BCUT2D eigenvalue weighted by molar-refractivity contribution is -0.122. The van der Waals surface area contributed by atoms with Crippen LogP contribution in [0.3, 0.4) is 0 Å². The first kappa shape index (κ1) is 16.1. The largest absolute Gasteiger partial charge is 0.480 e. The topological polar surface area (TPSA) is 38.3 Å². The van der Waals surface area contributed by atoms with Gasteiger partial charge in [-0.05, 0) is 23.8 Å². The number of rotatable bonds is 4. The molecule has 0 radical (unpaired) electrons. The number of carbonyl (C=O) groups is 1. The molecule has 1 aliphatic heterocycles. The Balaban J connectivity index is 1.76. The molecule has 0 bridgehead atoms. The molecule has 0 fully saturated rings. The van der Waals surface area contributed by atoms with E-state index in [9.17, 15) is 13.6 Å². The summed E-state index contributed by atoms with van der Waals surface area (Å²) in [6.07, 6.45) is -0.240. The molecule has 2 aromatic rings. The molecule has 1 atom stereocenters. The lowest BCUT2D eigenvalue weighted by Gasteiger charge is -2.15. The first-order chi connectivity index (χ1) is 11.0. The van der Waals surface area contributed by atoms with Gasteiger partial charge in [-0.15, -0.1) is 0 Å². The van der Waals surface area contributed by atoms with Gasteiger partial charge in [0.15, 0.2) is 6.10 Å². The summed E-state index contributed by atoms with van der Waals surface area (Å²) in [4.78, 5) is 12.5. The molecule has 7 heteroatoms. The highest BCUT2D eigenvalue weighted by Crippen LogP contribution is 2.38. The average molecular weight is 356 g/mol. The van der Waals surface area contributed by atoms with E-state index >= 15 is 0 Å². The number of hydrogen-bond acceptors (Lipinski definition) is 3. The Morgan fingerprint density at radius 3 is 2.78 bits per heavy atom. The Bertz CT molecular complexity index is 717. The fraction of sp³-hybridized carbons (Fsp3) is 0.188. The molecule has 2 aromatic carbocycles. The molecule has 0 saturated heterocycles. The van der Waals surface area contributed by atoms with Crippen LogP contribution in [-0.2, 0) is 11.2 Å². The van der Waals surface area contributed by atoms with Crippen molar-refractivity contribution in [2.24, 2.45) is 0 Å². The average Bonchev–Trinajstić information content (AvgIpc) is 2.94. The normalized spacial score (nSPS) is 16.1. The number of nitrogens with one attached hydrogen (secondary N) is 1. The lowest BCUT2D eigenvalue weighted by Crippen LogP contribution is -2.31. The van der Waals surface area contributed by atoms with Crippen LogP contribution in [0.25, 0.3) is 0 Å². The maximum absolute atomic E-state index is 12.7. The van der Waals surface area contributed by atoms with Crippen LogP contribution in [0, 0.1) is 0 Å². The number of hydrogen-bond donors (Lipinski definition) is 1. The van der Waals surface area contributed by atoms with E-state index < -0.39 is 11.9 Å². The first-order valence-corrected chi connectivity index (χ1v) is 8.09. The zero-order valence-corrected chi connectivity index (χ0v) is 13.3. The molecule has 1 aliphatic rings. The van der Waals surface area contributed by atoms with Gasteiger partial charge >= 0.3 is 0 Å². The van der Waals surface area contributed by atoms with E-state index in [-0.39, 0.29) is 21.5 Å². The number of amides is 1. The van der Waals surface area contributed by atoms with Gasteiger partial charge < -0.3 is 10.1 Å². The summed E-state index contributed by atoms with van der Waals surface area (Å²) in [6, 6.07) is 12.0. The Kier molecular flexibility index (Phi) is 4.73. The van der Waals surface area contributed by atoms with Gasteiger partial charge in [0.2, 0.25) is 0 Å². The molecule has 1 unspecified atom stereocenters. The van der Waals surface area contributed by atoms with Crippen molar-refractivity contribution in [3.8, 4) is 5.75 Å². The fourth-order valence-corrected chi connectivity index (χ4v) is 3.27. The summed E-state index contributed by atoms with van der Waals surface area (Å²) in [5, 5.41) is 2.80. The molecular weight excluding hydrogens is 344 g/mol. The van der Waals surface area contributed by atoms with Crippen molar-refractivity contribution in [1.82, 2.24) is 0 Å². The molecule has 0 aliphatic carbocycles. The van der Waals surface area contributed by atoms with Crippen LogP contribution in [0.4, 0.5) is 14.5 Å². The van der Waals surface area contributed by atoms with Gasteiger partial charge in [-0.3, -0.25) is 4.79 Å². The number of benzene rings is 2. The minimum Gasteiger partial charge on any atom is -0.480 e. The van der Waals surface area contributed by atoms with Gasteiger partial charge in [0, 0.05) is 6.42 Å². The third kappa shape index (κ3) is 3.59. The van der Waals surface area contributed by atoms with Gasteiger partial charge in [0.25, 0.3) is 11.7 Å². The molecular formula is C16H12ClF2NO2S. The van der Waals surface area contributed by atoms with E-state index in [1.54, 1.807) is 12.1 Å². The molecule has 23 heavy (non-hydrogen) atoms. The predicted octanol–water partition coefficient (Wildman–Crippen LogP) is 4.60. The molecule has 0 saturated carbocycles. The highest BCUT2D eigenvalue weighted by Gasteiger charge is 2.29. The van der Waals surface area contributed by atoms with E-state index in [1.807, 2.05) is 18.2 Å². The Morgan fingerprint density at radius 1 is 1.26 bits per heavy atom. The van der Waals surface area contributed by atoms with Crippen LogP contribution < -0.4 is 10.1 Å². The Hall–Kier alpha value is -1.79. The van der Waals surface area contributed by atoms with Gasteiger partial charge in [-0.25, -0.2) is 0 Å². The van der Waals surface area contributed by atoms with E-state index in [0.717, 1.165) is 5.56 Å². The minimum absolute atomic E-state index is 0.146. The van der Waals surface area contributed by atoms with Crippen LogP contribution in [0.15, 0.2) is 47.4 Å². The lowest BCUT2D eigenvalue weighted by atomic mass is 10.1. The van der Waals surface area contributed by atoms with Crippen molar-refractivity contribution >= 4 is 35.0 Å². The molecule has 1 heterocycles. The van der Waals surface area contributed by atoms with Crippen molar-refractivity contribution in [3.05, 3.63) is 53.1 Å². The van der Waals surface area contributed by atoms with E-state index in [0.29, 0.717) is 23.9 Å². The van der Waals surface area contributed by atoms with Gasteiger partial charge in [-0.1, -0.05) is 47.6 Å². The third-order valence-corrected chi connectivity index (χ3v) is 4.65. The highest BCUT2D eigenvalue weighted by atomic mass is 35.5. The number of thioether (sulfide) groups is 1. The summed E-state index contributed by atoms with van der Waals surface area (Å²) in [7, 11) is 0. The van der Waals surface area contributed by atoms with Crippen molar-refractivity contribution < 1.29 is 18.3 Å². The van der Waals surface area contributed by atoms with Crippen molar-refractivity contribution in [1.29, 1.82) is 0 Å². The Labute approximate surface area is 141 Å². The standard InChI is InChI=1S/C16H12ClF2NO2S/c17-10-5-3-6-11(14(10)23-16(18)19)20-15(21)13-8-9-4-1-2-7-12(9)22-13/h1-7,13,16H,8H2,(H,20,21). The van der Waals surface area contributed by atoms with Crippen LogP contribution in [-0.4, -0.2) is 17.8 Å². The first-order valence-electron chi connectivity index (χ1n) is 6.83. The van der Waals surface area contributed by atoms with Crippen LogP contribution in [0.2, 0.25) is 5.02 Å². The summed E-state index contributed by atoms with van der Waals surface area (Å²) in [5.74, 6) is -2.35. The molecule has 120 valence electrons. The number of ether oxygens (including phenoxy) is 1. The SMILES string of the molecule is O=C(Nc1cccc(Cl)c1SC(F)F)C1Cc2ccccc2O1. The second-order valence-corrected chi connectivity index (χ2v) is 6.31. The number of carbonyl (C=O) groups excluding carboxylic acids is 1. The second kappa shape index (κ2) is 6.76. The van der Waals surface area contributed by atoms with Gasteiger partial charge in [0.05, 0.1) is 15.6 Å². The molecule has 3 nitrogen and oxygen atoms in total. The van der Waals surface area contributed by atoms with Gasteiger partial charge in [-0.2, -0.15) is 8.78 Å². The maximum atomic E-state index is 12.7. The van der Waals surface area contributed by atoms with Gasteiger partial charge in [0.1, 0.15) is 5.75 Å². The molecule has 0 spiro atoms. The van der Waals surface area contributed by atoms with E-state index in [4.69, 9.17) is 16.3 Å². The number of anilines is 1. The van der Waals surface area contributed by atoms with Crippen LogP contribution in [0.5, 0.6) is 5.75 Å². The quantitative estimate of drug-likeness (QED) is 0.815. The summed E-state index contributed by atoms with van der Waals surface area (Å²) in [5.41, 5.74) is 1.20.